The minimum atomic E-state index is -0.367. The van der Waals surface area contributed by atoms with Crippen molar-refractivity contribution in [1.82, 2.24) is 9.80 Å². The van der Waals surface area contributed by atoms with Gasteiger partial charge in [0.25, 0.3) is 0 Å². The number of benzene rings is 1. The van der Waals surface area contributed by atoms with E-state index in [1.165, 1.54) is 12.1 Å². The molecule has 0 saturated carbocycles. The Morgan fingerprint density at radius 2 is 2.23 bits per heavy atom. The van der Waals surface area contributed by atoms with Gasteiger partial charge in [-0.3, -0.25) is 9.80 Å². The van der Waals surface area contributed by atoms with Gasteiger partial charge in [-0.15, -0.1) is 0 Å². The maximum absolute atomic E-state index is 13.2. The molecule has 1 aromatic carbocycles. The van der Waals surface area contributed by atoms with Gasteiger partial charge in [0.2, 0.25) is 0 Å². The number of hydrogen-bond donors (Lipinski definition) is 1. The van der Waals surface area contributed by atoms with E-state index in [-0.39, 0.29) is 11.9 Å². The molecule has 1 N–H and O–H groups in total. The number of aliphatic hydroxyl groups is 1. The monoisotopic (exact) mass is 305 g/mol. The average molecular weight is 305 g/mol. The first-order valence-electron chi connectivity index (χ1n) is 7.86. The van der Waals surface area contributed by atoms with Crippen molar-refractivity contribution in [2.45, 2.75) is 39.0 Å². The van der Waals surface area contributed by atoms with Crippen LogP contribution in [-0.4, -0.2) is 53.2 Å². The van der Waals surface area contributed by atoms with Crippen molar-refractivity contribution in [2.24, 2.45) is 0 Å². The maximum atomic E-state index is 13.2. The fraction of sp³-hybridized carbons (Fsp3) is 0.588. The molecule has 1 aliphatic rings. The van der Waals surface area contributed by atoms with Gasteiger partial charge in [-0.1, -0.05) is 13.0 Å². The lowest BCUT2D eigenvalue weighted by Crippen LogP contribution is -2.54. The van der Waals surface area contributed by atoms with Gasteiger partial charge in [0, 0.05) is 38.8 Å². The first kappa shape index (κ1) is 16.9. The third-order valence-electron chi connectivity index (χ3n) is 4.25. The predicted octanol–water partition coefficient (Wildman–Crippen LogP) is 1.97. The molecule has 0 aliphatic carbocycles. The number of β-amino-alcohol motifs (C(OH)–C–C–N with tert-alkyl or cyclic N) is 1. The van der Waals surface area contributed by atoms with Crippen LogP contribution in [0, 0.1) is 17.1 Å². The number of nitriles is 1. The number of rotatable bonds is 5. The lowest BCUT2D eigenvalue weighted by molar-refractivity contribution is 0.0337. The summed E-state index contributed by atoms with van der Waals surface area (Å²) in [6.45, 7) is 8.05. The van der Waals surface area contributed by atoms with Crippen LogP contribution in [0.4, 0.5) is 4.39 Å². The molecule has 0 unspecified atom stereocenters. The minimum Gasteiger partial charge on any atom is -0.392 e. The predicted molar refractivity (Wildman–Crippen MR) is 83.7 cm³/mol. The topological polar surface area (TPSA) is 50.5 Å². The zero-order valence-corrected chi connectivity index (χ0v) is 13.3. The summed E-state index contributed by atoms with van der Waals surface area (Å²) >= 11 is 0. The summed E-state index contributed by atoms with van der Waals surface area (Å²) in [5.74, 6) is -0.367. The Bertz CT molecular complexity index is 541. The van der Waals surface area contributed by atoms with E-state index in [1.54, 1.807) is 6.07 Å². The molecule has 4 nitrogen and oxygen atoms in total. The van der Waals surface area contributed by atoms with E-state index in [1.807, 2.05) is 6.92 Å². The van der Waals surface area contributed by atoms with Gasteiger partial charge < -0.3 is 5.11 Å². The van der Waals surface area contributed by atoms with Crippen molar-refractivity contribution in [1.29, 1.82) is 5.26 Å². The van der Waals surface area contributed by atoms with Crippen molar-refractivity contribution >= 4 is 0 Å². The van der Waals surface area contributed by atoms with E-state index in [2.05, 4.69) is 22.8 Å². The van der Waals surface area contributed by atoms with E-state index in [0.717, 1.165) is 31.6 Å². The maximum Gasteiger partial charge on any atom is 0.124 e. The summed E-state index contributed by atoms with van der Waals surface area (Å²) in [7, 11) is 0. The van der Waals surface area contributed by atoms with Crippen LogP contribution in [0.15, 0.2) is 18.2 Å². The second-order valence-electron chi connectivity index (χ2n) is 6.05. The lowest BCUT2D eigenvalue weighted by Gasteiger charge is -2.41. The van der Waals surface area contributed by atoms with E-state index in [4.69, 9.17) is 5.26 Å². The van der Waals surface area contributed by atoms with E-state index >= 15 is 0 Å². The number of hydrogen-bond acceptors (Lipinski definition) is 4. The highest BCUT2D eigenvalue weighted by Gasteiger charge is 2.26. The molecule has 120 valence electrons. The Balaban J connectivity index is 2.02. The van der Waals surface area contributed by atoms with Crippen molar-refractivity contribution < 1.29 is 9.50 Å². The molecule has 5 heteroatoms. The number of nitrogens with zero attached hydrogens (tertiary/aromatic N) is 3. The molecule has 1 saturated heterocycles. The number of halogens is 1. The molecular weight excluding hydrogens is 281 g/mol. The molecule has 0 spiro atoms. The van der Waals surface area contributed by atoms with Crippen LogP contribution in [-0.2, 0) is 6.54 Å². The van der Waals surface area contributed by atoms with E-state index < -0.39 is 0 Å². The molecule has 1 heterocycles. The number of piperazine rings is 1. The van der Waals surface area contributed by atoms with Gasteiger partial charge in [-0.2, -0.15) is 5.26 Å². The molecule has 2 rings (SSSR count). The van der Waals surface area contributed by atoms with Crippen LogP contribution >= 0.6 is 0 Å². The Morgan fingerprint density at radius 3 is 2.86 bits per heavy atom. The molecule has 22 heavy (non-hydrogen) atoms. The molecule has 1 aromatic rings. The summed E-state index contributed by atoms with van der Waals surface area (Å²) in [5.41, 5.74) is 1.29. The fourth-order valence-electron chi connectivity index (χ4n) is 3.10. The minimum absolute atomic E-state index is 0.317. The number of aliphatic hydroxyl groups excluding tert-OH is 1. The summed E-state index contributed by atoms with van der Waals surface area (Å²) in [6, 6.07) is 6.91. The van der Waals surface area contributed by atoms with E-state index in [0.29, 0.717) is 24.7 Å². The van der Waals surface area contributed by atoms with Crippen LogP contribution in [0.5, 0.6) is 0 Å². The van der Waals surface area contributed by atoms with E-state index in [9.17, 15) is 9.50 Å². The second kappa shape index (κ2) is 7.68. The molecule has 1 aliphatic heterocycles. The quantitative estimate of drug-likeness (QED) is 0.904. The van der Waals surface area contributed by atoms with Crippen LogP contribution in [0.3, 0.4) is 0 Å². The highest BCUT2D eigenvalue weighted by Crippen LogP contribution is 2.18. The molecule has 0 radical (unpaired) electrons. The summed E-state index contributed by atoms with van der Waals surface area (Å²) in [4.78, 5) is 4.64. The molecule has 1 fully saturated rings. The Labute approximate surface area is 131 Å². The zero-order valence-electron chi connectivity index (χ0n) is 13.3. The Hall–Kier alpha value is -1.48. The molecular formula is C17H24FN3O. The van der Waals surface area contributed by atoms with Crippen molar-refractivity contribution in [2.75, 3.05) is 26.2 Å². The van der Waals surface area contributed by atoms with Crippen LogP contribution in [0.25, 0.3) is 0 Å². The summed E-state index contributed by atoms with van der Waals surface area (Å²) in [6.07, 6.45) is 0.709. The second-order valence-corrected chi connectivity index (χ2v) is 6.05. The first-order chi connectivity index (χ1) is 10.5. The van der Waals surface area contributed by atoms with Crippen molar-refractivity contribution in [3.05, 3.63) is 35.1 Å². The molecule has 0 bridgehead atoms. The highest BCUT2D eigenvalue weighted by molar-refractivity contribution is 5.37. The summed E-state index contributed by atoms with van der Waals surface area (Å²) in [5, 5.41) is 18.7. The van der Waals surface area contributed by atoms with Gasteiger partial charge in [-0.05, 0) is 31.0 Å². The normalized spacial score (nSPS) is 21.5. The first-order valence-corrected chi connectivity index (χ1v) is 7.86. The van der Waals surface area contributed by atoms with Crippen LogP contribution in [0.1, 0.15) is 31.4 Å². The van der Waals surface area contributed by atoms with Crippen LogP contribution in [0.2, 0.25) is 0 Å². The van der Waals surface area contributed by atoms with Gasteiger partial charge in [0.05, 0.1) is 17.7 Å². The fourth-order valence-corrected chi connectivity index (χ4v) is 3.10. The van der Waals surface area contributed by atoms with Gasteiger partial charge in [-0.25, -0.2) is 4.39 Å². The lowest BCUT2D eigenvalue weighted by atomic mass is 10.0. The van der Waals surface area contributed by atoms with Crippen molar-refractivity contribution in [3.63, 3.8) is 0 Å². The Kier molecular flexibility index (Phi) is 5.90. The van der Waals surface area contributed by atoms with Gasteiger partial charge >= 0.3 is 0 Å². The molecule has 0 amide bonds. The Morgan fingerprint density at radius 1 is 1.45 bits per heavy atom. The molecule has 2 atom stereocenters. The summed E-state index contributed by atoms with van der Waals surface area (Å²) < 4.78 is 13.2. The van der Waals surface area contributed by atoms with Gasteiger partial charge in [0.15, 0.2) is 0 Å². The smallest absolute Gasteiger partial charge is 0.124 e. The molecule has 0 aromatic heterocycles. The van der Waals surface area contributed by atoms with Gasteiger partial charge in [0.1, 0.15) is 5.82 Å². The zero-order chi connectivity index (χ0) is 16.1. The standard InChI is InChI=1S/C17H24FN3O/c1-3-17-12-20(6-7-21(17)10-13(2)22)11-14-4-5-16(18)8-15(14)9-19/h4-5,8,13,17,22H,3,6-7,10-12H2,1-2H3/t13-,17+/m1/s1. The van der Waals surface area contributed by atoms with Crippen LogP contribution < -0.4 is 0 Å². The third-order valence-corrected chi connectivity index (χ3v) is 4.25. The largest absolute Gasteiger partial charge is 0.392 e. The van der Waals surface area contributed by atoms with Crippen molar-refractivity contribution in [3.8, 4) is 6.07 Å². The SMILES string of the molecule is CC[C@H]1CN(Cc2ccc(F)cc2C#N)CCN1C[C@@H](C)O. The average Bonchev–Trinajstić information content (AvgIpc) is 2.49. The highest BCUT2D eigenvalue weighted by atomic mass is 19.1. The third kappa shape index (κ3) is 4.26.